The Kier molecular flexibility index (Phi) is 5.58. The highest BCUT2D eigenvalue weighted by molar-refractivity contribution is 7.91. The van der Waals surface area contributed by atoms with E-state index in [9.17, 15) is 8.42 Å². The molecule has 0 saturated carbocycles. The Morgan fingerprint density at radius 1 is 1.00 bits per heavy atom. The Morgan fingerprint density at radius 3 is 2.62 bits per heavy atom. The van der Waals surface area contributed by atoms with Crippen LogP contribution in [0.2, 0.25) is 0 Å². The van der Waals surface area contributed by atoms with Crippen LogP contribution in [0, 0.1) is 0 Å². The molecule has 3 aromatic carbocycles. The number of rotatable bonds is 5. The van der Waals surface area contributed by atoms with Gasteiger partial charge in [0.1, 0.15) is 0 Å². The standard InChI is InChI=1S/C28H27NO2S/c29-19-21-13-11-20(12-14-21)6-5-17-32(30,31)27-18-23-8-2-3-9-24(23)26-16-15-22-7-1-4-10-25(22)28(26)27/h1,3-7,9-16,27H,2,8,17-19,29H2. The maximum Gasteiger partial charge on any atom is 0.161 e. The first-order valence-corrected chi connectivity index (χ1v) is 12.9. The van der Waals surface area contributed by atoms with Crippen molar-refractivity contribution in [3.05, 3.63) is 107 Å². The van der Waals surface area contributed by atoms with Crippen molar-refractivity contribution in [2.75, 3.05) is 5.75 Å². The molecule has 3 nitrogen and oxygen atoms in total. The molecule has 0 spiro atoms. The van der Waals surface area contributed by atoms with Crippen LogP contribution in [0.4, 0.5) is 0 Å². The van der Waals surface area contributed by atoms with Gasteiger partial charge in [0, 0.05) is 6.54 Å². The Bertz CT molecular complexity index is 1360. The van der Waals surface area contributed by atoms with Gasteiger partial charge < -0.3 is 5.73 Å². The molecule has 0 heterocycles. The van der Waals surface area contributed by atoms with E-state index in [1.165, 1.54) is 11.1 Å². The Morgan fingerprint density at radius 2 is 1.81 bits per heavy atom. The van der Waals surface area contributed by atoms with Gasteiger partial charge in [-0.15, -0.1) is 0 Å². The smallest absolute Gasteiger partial charge is 0.161 e. The van der Waals surface area contributed by atoms with Gasteiger partial charge in [0.05, 0.1) is 11.0 Å². The second kappa shape index (κ2) is 8.53. The molecule has 162 valence electrons. The highest BCUT2D eigenvalue weighted by Crippen LogP contribution is 2.47. The molecule has 32 heavy (non-hydrogen) atoms. The maximum absolute atomic E-state index is 13.6. The fraction of sp³-hybridized carbons (Fsp3) is 0.214. The average molecular weight is 442 g/mol. The molecule has 2 aliphatic carbocycles. The maximum atomic E-state index is 13.6. The molecule has 0 fully saturated rings. The summed E-state index contributed by atoms with van der Waals surface area (Å²) in [5.74, 6) is 0.0252. The van der Waals surface area contributed by atoms with Crippen molar-refractivity contribution in [1.82, 2.24) is 0 Å². The van der Waals surface area contributed by atoms with Gasteiger partial charge in [-0.2, -0.15) is 0 Å². The lowest BCUT2D eigenvalue weighted by Crippen LogP contribution is -2.22. The number of benzene rings is 3. The Hall–Kier alpha value is -2.95. The highest BCUT2D eigenvalue weighted by Gasteiger charge is 2.35. The topological polar surface area (TPSA) is 60.2 Å². The van der Waals surface area contributed by atoms with Gasteiger partial charge in [-0.3, -0.25) is 0 Å². The number of sulfone groups is 1. The molecule has 2 N–H and O–H groups in total. The van der Waals surface area contributed by atoms with E-state index in [1.807, 2.05) is 42.5 Å². The largest absolute Gasteiger partial charge is 0.326 e. The molecule has 2 aliphatic rings. The molecule has 1 unspecified atom stereocenters. The lowest BCUT2D eigenvalue weighted by Gasteiger charge is -2.31. The normalized spacial score (nSPS) is 18.2. The molecule has 0 radical (unpaired) electrons. The SMILES string of the molecule is NCc1ccc(C=CCS(=O)(=O)C2CC3=C(C=CCC3)c3ccc4ccccc4c32)cc1. The first kappa shape index (κ1) is 20.9. The van der Waals surface area contributed by atoms with E-state index in [0.717, 1.165) is 45.9 Å². The first-order valence-electron chi connectivity index (χ1n) is 11.1. The van der Waals surface area contributed by atoms with Crippen LogP contribution in [0.1, 0.15) is 46.8 Å². The summed E-state index contributed by atoms with van der Waals surface area (Å²) >= 11 is 0. The molecule has 0 aliphatic heterocycles. The molecule has 0 amide bonds. The lowest BCUT2D eigenvalue weighted by atomic mass is 9.79. The van der Waals surface area contributed by atoms with Gasteiger partial charge >= 0.3 is 0 Å². The summed E-state index contributed by atoms with van der Waals surface area (Å²) in [4.78, 5) is 0. The summed E-state index contributed by atoms with van der Waals surface area (Å²) in [7, 11) is -3.39. The summed E-state index contributed by atoms with van der Waals surface area (Å²) in [5.41, 5.74) is 12.2. The summed E-state index contributed by atoms with van der Waals surface area (Å²) in [6, 6.07) is 20.2. The zero-order valence-electron chi connectivity index (χ0n) is 18.0. The van der Waals surface area contributed by atoms with Gasteiger partial charge in [-0.05, 0) is 57.9 Å². The minimum absolute atomic E-state index is 0.0252. The monoisotopic (exact) mass is 441 g/mol. The Labute approximate surface area is 189 Å². The molecule has 0 saturated heterocycles. The van der Waals surface area contributed by atoms with E-state index < -0.39 is 15.1 Å². The van der Waals surface area contributed by atoms with Crippen LogP contribution >= 0.6 is 0 Å². The summed E-state index contributed by atoms with van der Waals surface area (Å²) < 4.78 is 27.3. The van der Waals surface area contributed by atoms with Crippen LogP contribution in [0.3, 0.4) is 0 Å². The zero-order chi connectivity index (χ0) is 22.1. The fourth-order valence-electron chi connectivity index (χ4n) is 4.91. The lowest BCUT2D eigenvalue weighted by molar-refractivity contribution is 0.582. The van der Waals surface area contributed by atoms with Crippen LogP contribution in [0.5, 0.6) is 0 Å². The van der Waals surface area contributed by atoms with E-state index in [2.05, 4.69) is 36.4 Å². The van der Waals surface area contributed by atoms with Crippen molar-refractivity contribution in [2.45, 2.75) is 31.1 Å². The predicted molar refractivity (Wildman–Crippen MR) is 134 cm³/mol. The minimum Gasteiger partial charge on any atom is -0.326 e. The fourth-order valence-corrected chi connectivity index (χ4v) is 6.58. The third kappa shape index (κ3) is 3.85. The molecule has 0 bridgehead atoms. The number of fused-ring (bicyclic) bond motifs is 4. The highest BCUT2D eigenvalue weighted by atomic mass is 32.2. The van der Waals surface area contributed by atoms with E-state index in [0.29, 0.717) is 13.0 Å². The van der Waals surface area contributed by atoms with Gasteiger partial charge in [0.2, 0.25) is 0 Å². The van der Waals surface area contributed by atoms with Crippen molar-refractivity contribution in [1.29, 1.82) is 0 Å². The number of allylic oxidation sites excluding steroid dienone is 4. The number of hydrogen-bond acceptors (Lipinski definition) is 3. The third-order valence-corrected chi connectivity index (χ3v) is 8.51. The zero-order valence-corrected chi connectivity index (χ0v) is 18.8. The van der Waals surface area contributed by atoms with Crippen molar-refractivity contribution in [3.8, 4) is 0 Å². The van der Waals surface area contributed by atoms with E-state index in [-0.39, 0.29) is 5.75 Å². The number of hydrogen-bond donors (Lipinski definition) is 1. The van der Waals surface area contributed by atoms with Crippen LogP contribution in [0.15, 0.2) is 84.5 Å². The predicted octanol–water partition coefficient (Wildman–Crippen LogP) is 5.98. The third-order valence-electron chi connectivity index (χ3n) is 6.58. The minimum atomic E-state index is -3.39. The van der Waals surface area contributed by atoms with Gasteiger partial charge in [0.25, 0.3) is 0 Å². The summed E-state index contributed by atoms with van der Waals surface area (Å²) in [6.45, 7) is 0.500. The summed E-state index contributed by atoms with van der Waals surface area (Å²) in [5, 5.41) is 1.62. The van der Waals surface area contributed by atoms with E-state index in [4.69, 9.17) is 5.73 Å². The van der Waals surface area contributed by atoms with E-state index >= 15 is 0 Å². The van der Waals surface area contributed by atoms with Crippen LogP contribution in [-0.4, -0.2) is 14.2 Å². The van der Waals surface area contributed by atoms with Gasteiger partial charge in [-0.25, -0.2) is 8.42 Å². The first-order chi connectivity index (χ1) is 15.6. The Balaban J connectivity index is 1.53. The summed E-state index contributed by atoms with van der Waals surface area (Å²) in [6.07, 6.45) is 10.6. The van der Waals surface area contributed by atoms with Gasteiger partial charge in [-0.1, -0.05) is 90.5 Å². The second-order valence-corrected chi connectivity index (χ2v) is 10.8. The van der Waals surface area contributed by atoms with Crippen LogP contribution < -0.4 is 5.73 Å². The van der Waals surface area contributed by atoms with Crippen molar-refractivity contribution < 1.29 is 8.42 Å². The molecule has 1 atom stereocenters. The second-order valence-electron chi connectivity index (χ2n) is 8.58. The average Bonchev–Trinajstić information content (AvgIpc) is 2.83. The van der Waals surface area contributed by atoms with Crippen LogP contribution in [0.25, 0.3) is 22.4 Å². The van der Waals surface area contributed by atoms with Crippen molar-refractivity contribution in [2.24, 2.45) is 5.73 Å². The molecular weight excluding hydrogens is 414 g/mol. The van der Waals surface area contributed by atoms with Crippen LogP contribution in [-0.2, 0) is 16.4 Å². The molecule has 3 aromatic rings. The quantitative estimate of drug-likeness (QED) is 0.530. The molecule has 0 aromatic heterocycles. The van der Waals surface area contributed by atoms with Crippen molar-refractivity contribution in [3.63, 3.8) is 0 Å². The molecule has 4 heteroatoms. The van der Waals surface area contributed by atoms with Gasteiger partial charge in [0.15, 0.2) is 9.84 Å². The van der Waals surface area contributed by atoms with Crippen molar-refractivity contribution >= 4 is 32.3 Å². The molecular formula is C28H27NO2S. The van der Waals surface area contributed by atoms with E-state index in [1.54, 1.807) is 6.08 Å². The number of nitrogens with two attached hydrogens (primary N) is 1. The molecule has 5 rings (SSSR count).